The van der Waals surface area contributed by atoms with Gasteiger partial charge in [0, 0.05) is 25.8 Å². The highest BCUT2D eigenvalue weighted by Crippen LogP contribution is 2.30. The maximum atomic E-state index is 13.1. The largest absolute Gasteiger partial charge is 0.501 e. The van der Waals surface area contributed by atoms with Crippen LogP contribution in [0.3, 0.4) is 0 Å². The molecule has 0 atom stereocenters. The average Bonchev–Trinajstić information content (AvgIpc) is 2.72. The van der Waals surface area contributed by atoms with E-state index in [2.05, 4.69) is 4.98 Å². The molecule has 1 aromatic heterocycles. The summed E-state index contributed by atoms with van der Waals surface area (Å²) in [5.74, 6) is -1.18. The summed E-state index contributed by atoms with van der Waals surface area (Å²) in [6.45, 7) is 3.52. The van der Waals surface area contributed by atoms with Crippen LogP contribution >= 0.6 is 0 Å². The van der Waals surface area contributed by atoms with Gasteiger partial charge >= 0.3 is 11.2 Å². The number of aromatic nitrogens is 2. The Bertz CT molecular complexity index is 1230. The molecule has 0 unspecified atom stereocenters. The molecule has 2 aromatic rings. The van der Waals surface area contributed by atoms with Gasteiger partial charge in [-0.15, -0.1) is 0 Å². The first kappa shape index (κ1) is 26.1. The molecular weight excluding hydrogens is 469 g/mol. The lowest BCUT2D eigenvalue weighted by Gasteiger charge is -2.25. The lowest BCUT2D eigenvalue weighted by atomic mass is 10.2. The number of anilines is 2. The molecule has 0 spiro atoms. The number of rotatable bonds is 8. The molecule has 2 rings (SSSR count). The van der Waals surface area contributed by atoms with Crippen LogP contribution in [0.4, 0.5) is 24.7 Å². The van der Waals surface area contributed by atoms with Crippen LogP contribution in [0.25, 0.3) is 0 Å². The van der Waals surface area contributed by atoms with Crippen LogP contribution in [-0.2, 0) is 21.1 Å². The molecule has 0 radical (unpaired) electrons. The number of alkyl halides is 3. The Morgan fingerprint density at radius 1 is 1.21 bits per heavy atom. The van der Waals surface area contributed by atoms with Crippen molar-refractivity contribution in [2.45, 2.75) is 30.8 Å². The molecule has 10 nitrogen and oxygen atoms in total. The predicted octanol–water partition coefficient (Wildman–Crippen LogP) is 1.36. The third kappa shape index (κ3) is 5.45. The number of ether oxygens (including phenoxy) is 1. The molecule has 0 aliphatic carbocycles. The summed E-state index contributed by atoms with van der Waals surface area (Å²) < 4.78 is 67.4. The fourth-order valence-corrected chi connectivity index (χ4v) is 3.71. The number of nitrogens with two attached hydrogens (primary N) is 1. The van der Waals surface area contributed by atoms with Crippen molar-refractivity contribution < 1.29 is 31.1 Å². The summed E-state index contributed by atoms with van der Waals surface area (Å²) in [6, 6.07) is 3.04. The van der Waals surface area contributed by atoms with E-state index < -0.39 is 37.4 Å². The van der Waals surface area contributed by atoms with Gasteiger partial charge in [0.2, 0.25) is 0 Å². The number of carbonyl (C=O) groups is 1. The molecule has 182 valence electrons. The fourth-order valence-electron chi connectivity index (χ4n) is 2.95. The van der Waals surface area contributed by atoms with E-state index in [0.29, 0.717) is 12.1 Å². The highest BCUT2D eigenvalue weighted by molar-refractivity contribution is 7.92. The van der Waals surface area contributed by atoms with Gasteiger partial charge in [0.05, 0.1) is 11.5 Å². The zero-order valence-corrected chi connectivity index (χ0v) is 18.8. The van der Waals surface area contributed by atoms with E-state index in [4.69, 9.17) is 10.5 Å². The average molecular weight is 492 g/mol. The molecule has 1 heterocycles. The highest BCUT2D eigenvalue weighted by Gasteiger charge is 2.46. The van der Waals surface area contributed by atoms with Crippen LogP contribution in [0, 0.1) is 5.92 Å². The Kier molecular flexibility index (Phi) is 7.75. The summed E-state index contributed by atoms with van der Waals surface area (Å²) in [6.07, 6.45) is 0. The second-order valence-electron chi connectivity index (χ2n) is 7.42. The van der Waals surface area contributed by atoms with Gasteiger partial charge in [0.15, 0.2) is 5.69 Å². The van der Waals surface area contributed by atoms with Crippen LogP contribution in [0.15, 0.2) is 38.8 Å². The Morgan fingerprint density at radius 3 is 2.27 bits per heavy atom. The summed E-state index contributed by atoms with van der Waals surface area (Å²) in [5, 5.41) is 0. The molecule has 0 aliphatic rings. The number of amides is 1. The lowest BCUT2D eigenvalue weighted by molar-refractivity contribution is -0.0436. The topological polar surface area (TPSA) is 145 Å². The van der Waals surface area contributed by atoms with Crippen molar-refractivity contribution >= 4 is 27.2 Å². The van der Waals surface area contributed by atoms with Crippen molar-refractivity contribution in [3.63, 3.8) is 0 Å². The van der Waals surface area contributed by atoms with E-state index in [1.165, 1.54) is 7.11 Å². The number of hydrogen-bond donors (Lipinski definition) is 2. The van der Waals surface area contributed by atoms with E-state index in [-0.39, 0.29) is 42.7 Å². The Labute approximate surface area is 186 Å². The lowest BCUT2D eigenvalue weighted by Crippen LogP contribution is -2.42. The first-order valence-corrected chi connectivity index (χ1v) is 11.1. The van der Waals surface area contributed by atoms with Crippen LogP contribution < -0.4 is 21.9 Å². The van der Waals surface area contributed by atoms with Gasteiger partial charge in [0.1, 0.15) is 5.82 Å². The number of aromatic amines is 1. The maximum absolute atomic E-state index is 13.1. The minimum atomic E-state index is -5.60. The van der Waals surface area contributed by atoms with Crippen molar-refractivity contribution in [2.24, 2.45) is 5.92 Å². The molecule has 1 aromatic carbocycles. The number of H-pyrrole nitrogens is 1. The van der Waals surface area contributed by atoms with E-state index in [0.717, 1.165) is 21.6 Å². The molecule has 0 saturated carbocycles. The number of nitrogen functional groups attached to an aromatic ring is 1. The SMILES string of the molecule is COCCN(C(=O)c1ccc(S(=O)(=O)C(F)(F)F)cc1)c1c(N)n(CC(C)C)c(=O)[nH]c1=O. The first-order valence-electron chi connectivity index (χ1n) is 9.57. The summed E-state index contributed by atoms with van der Waals surface area (Å²) >= 11 is 0. The van der Waals surface area contributed by atoms with Crippen LogP contribution in [0.1, 0.15) is 24.2 Å². The number of carbonyl (C=O) groups excluding carboxylic acids is 1. The van der Waals surface area contributed by atoms with Gasteiger partial charge in [-0.1, -0.05) is 13.8 Å². The van der Waals surface area contributed by atoms with Gasteiger partial charge in [-0.2, -0.15) is 13.2 Å². The van der Waals surface area contributed by atoms with Gasteiger partial charge in [0.25, 0.3) is 21.3 Å². The van der Waals surface area contributed by atoms with Crippen LogP contribution in [0.5, 0.6) is 0 Å². The number of benzene rings is 1. The number of sulfone groups is 1. The molecule has 3 N–H and O–H groups in total. The quantitative estimate of drug-likeness (QED) is 0.566. The fraction of sp³-hybridized carbons (Fsp3) is 0.421. The van der Waals surface area contributed by atoms with E-state index in [1.54, 1.807) is 13.8 Å². The number of hydrogen-bond acceptors (Lipinski definition) is 7. The van der Waals surface area contributed by atoms with Crippen molar-refractivity contribution in [2.75, 3.05) is 30.9 Å². The molecule has 14 heteroatoms. The Balaban J connectivity index is 2.58. The second-order valence-corrected chi connectivity index (χ2v) is 9.36. The number of halogens is 3. The third-order valence-electron chi connectivity index (χ3n) is 4.51. The van der Waals surface area contributed by atoms with Crippen molar-refractivity contribution in [3.05, 3.63) is 50.7 Å². The molecule has 0 bridgehead atoms. The normalized spacial score (nSPS) is 12.2. The Hall–Kier alpha value is -3.13. The third-order valence-corrected chi connectivity index (χ3v) is 6.01. The number of nitrogens with one attached hydrogen (secondary N) is 1. The summed E-state index contributed by atoms with van der Waals surface area (Å²) in [4.78, 5) is 39.8. The first-order chi connectivity index (χ1) is 15.2. The van der Waals surface area contributed by atoms with E-state index in [1.807, 2.05) is 0 Å². The van der Waals surface area contributed by atoms with E-state index in [9.17, 15) is 36.0 Å². The van der Waals surface area contributed by atoms with Gasteiger partial charge in [-0.05, 0) is 30.2 Å². The second kappa shape index (κ2) is 9.79. The minimum absolute atomic E-state index is 0.0324. The zero-order chi connectivity index (χ0) is 25.1. The number of methoxy groups -OCH3 is 1. The van der Waals surface area contributed by atoms with E-state index >= 15 is 0 Å². The van der Waals surface area contributed by atoms with Crippen molar-refractivity contribution in [1.82, 2.24) is 9.55 Å². The van der Waals surface area contributed by atoms with Crippen LogP contribution in [0.2, 0.25) is 0 Å². The maximum Gasteiger partial charge on any atom is 0.501 e. The monoisotopic (exact) mass is 492 g/mol. The molecule has 0 saturated heterocycles. The zero-order valence-electron chi connectivity index (χ0n) is 18.0. The van der Waals surface area contributed by atoms with Crippen molar-refractivity contribution in [3.8, 4) is 0 Å². The summed E-state index contributed by atoms with van der Waals surface area (Å²) in [5.41, 5.74) is -1.72. The molecule has 1 amide bonds. The van der Waals surface area contributed by atoms with Crippen molar-refractivity contribution in [1.29, 1.82) is 0 Å². The molecule has 0 fully saturated rings. The standard InChI is InChI=1S/C19H23F3N4O6S/c1-11(2)10-26-15(23)14(16(27)24-18(26)29)25(8-9-32-3)17(28)12-4-6-13(7-5-12)33(30,31)19(20,21)22/h4-7,11H,8-10,23H2,1-3H3,(H,24,27,29). The van der Waals surface area contributed by atoms with Gasteiger partial charge < -0.3 is 10.5 Å². The van der Waals surface area contributed by atoms with Gasteiger partial charge in [-0.25, -0.2) is 13.2 Å². The minimum Gasteiger partial charge on any atom is -0.383 e. The van der Waals surface area contributed by atoms with Gasteiger partial charge in [-0.3, -0.25) is 24.0 Å². The molecule has 33 heavy (non-hydrogen) atoms. The number of nitrogens with zero attached hydrogens (tertiary/aromatic N) is 2. The Morgan fingerprint density at radius 2 is 1.79 bits per heavy atom. The predicted molar refractivity (Wildman–Crippen MR) is 114 cm³/mol. The van der Waals surface area contributed by atoms with Crippen LogP contribution in [-0.4, -0.2) is 49.6 Å². The smallest absolute Gasteiger partial charge is 0.383 e. The summed E-state index contributed by atoms with van der Waals surface area (Å²) in [7, 11) is -4.26. The molecular formula is C19H23F3N4O6S. The molecule has 0 aliphatic heterocycles. The highest BCUT2D eigenvalue weighted by atomic mass is 32.2.